The minimum Gasteiger partial charge on any atom is -0.352 e. The molecule has 1 aromatic heterocycles. The highest BCUT2D eigenvalue weighted by molar-refractivity contribution is 6.07. The maximum atomic E-state index is 13.0. The molecule has 0 spiro atoms. The first-order valence-electron chi connectivity index (χ1n) is 10.7. The number of aryl methyl sites for hydroxylation is 2. The molecule has 4 rings (SSSR count). The molecule has 1 aliphatic rings. The molecule has 2 heterocycles. The van der Waals surface area contributed by atoms with Gasteiger partial charge in [-0.1, -0.05) is 36.4 Å². The molecule has 3 aromatic rings. The van der Waals surface area contributed by atoms with Crippen molar-refractivity contribution in [3.63, 3.8) is 0 Å². The van der Waals surface area contributed by atoms with Crippen molar-refractivity contribution in [2.75, 3.05) is 19.6 Å². The van der Waals surface area contributed by atoms with Gasteiger partial charge in [-0.3, -0.25) is 14.3 Å². The summed E-state index contributed by atoms with van der Waals surface area (Å²) in [6.45, 7) is 6.55. The molecule has 156 valence electrons. The maximum Gasteiger partial charge on any atom is 0.272 e. The number of carbonyl (C=O) groups excluding carboxylic acids is 2. The SMILES string of the molecule is CCn1nc(C)cc1C(=O)N1CCC[C@H](CNC(=O)c2cccc3ccccc23)C1. The minimum absolute atomic E-state index is 0.0301. The van der Waals surface area contributed by atoms with Gasteiger partial charge < -0.3 is 10.2 Å². The van der Waals surface area contributed by atoms with Crippen molar-refractivity contribution < 1.29 is 9.59 Å². The Bertz CT molecular complexity index is 1070. The Hall–Kier alpha value is -3.15. The molecule has 6 nitrogen and oxygen atoms in total. The van der Waals surface area contributed by atoms with Crippen molar-refractivity contribution in [1.29, 1.82) is 0 Å². The Morgan fingerprint density at radius 1 is 1.17 bits per heavy atom. The molecule has 2 aromatic carbocycles. The van der Waals surface area contributed by atoms with Crippen LogP contribution < -0.4 is 5.32 Å². The van der Waals surface area contributed by atoms with Crippen molar-refractivity contribution in [2.24, 2.45) is 5.92 Å². The highest BCUT2D eigenvalue weighted by atomic mass is 16.2. The van der Waals surface area contributed by atoms with Crippen LogP contribution in [0.5, 0.6) is 0 Å². The maximum absolute atomic E-state index is 13.0. The Morgan fingerprint density at radius 2 is 1.97 bits per heavy atom. The summed E-state index contributed by atoms with van der Waals surface area (Å²) in [5, 5.41) is 9.50. The van der Waals surface area contributed by atoms with Gasteiger partial charge in [0, 0.05) is 31.7 Å². The molecule has 1 atom stereocenters. The second-order valence-corrected chi connectivity index (χ2v) is 7.98. The topological polar surface area (TPSA) is 67.2 Å². The highest BCUT2D eigenvalue weighted by Crippen LogP contribution is 2.21. The second kappa shape index (κ2) is 8.69. The first kappa shape index (κ1) is 20.1. The molecule has 1 saturated heterocycles. The molecular formula is C24H28N4O2. The van der Waals surface area contributed by atoms with Crippen molar-refractivity contribution in [1.82, 2.24) is 20.0 Å². The van der Waals surface area contributed by atoms with Crippen LogP contribution in [0.3, 0.4) is 0 Å². The van der Waals surface area contributed by atoms with Gasteiger partial charge in [0.25, 0.3) is 11.8 Å². The average molecular weight is 405 g/mol. The fourth-order valence-corrected chi connectivity index (χ4v) is 4.29. The van der Waals surface area contributed by atoms with Crippen LogP contribution in [0.4, 0.5) is 0 Å². The lowest BCUT2D eigenvalue weighted by molar-refractivity contribution is 0.0658. The minimum atomic E-state index is -0.0602. The summed E-state index contributed by atoms with van der Waals surface area (Å²) >= 11 is 0. The summed E-state index contributed by atoms with van der Waals surface area (Å²) in [7, 11) is 0. The van der Waals surface area contributed by atoms with Crippen LogP contribution in [0.25, 0.3) is 10.8 Å². The van der Waals surface area contributed by atoms with E-state index in [0.717, 1.165) is 35.9 Å². The Morgan fingerprint density at radius 3 is 2.80 bits per heavy atom. The van der Waals surface area contributed by atoms with E-state index in [1.807, 2.05) is 67.3 Å². The molecule has 0 aliphatic carbocycles. The monoisotopic (exact) mass is 404 g/mol. The van der Waals surface area contributed by atoms with E-state index >= 15 is 0 Å². The number of fused-ring (bicyclic) bond motifs is 1. The summed E-state index contributed by atoms with van der Waals surface area (Å²) in [6.07, 6.45) is 1.95. The summed E-state index contributed by atoms with van der Waals surface area (Å²) in [5.74, 6) is 0.221. The van der Waals surface area contributed by atoms with Gasteiger partial charge in [0.2, 0.25) is 0 Å². The molecule has 1 N–H and O–H groups in total. The summed E-state index contributed by atoms with van der Waals surface area (Å²) < 4.78 is 1.77. The van der Waals surface area contributed by atoms with E-state index in [-0.39, 0.29) is 17.7 Å². The number of rotatable bonds is 5. The van der Waals surface area contributed by atoms with Gasteiger partial charge >= 0.3 is 0 Å². The smallest absolute Gasteiger partial charge is 0.272 e. The molecular weight excluding hydrogens is 376 g/mol. The van der Waals surface area contributed by atoms with E-state index in [2.05, 4.69) is 10.4 Å². The second-order valence-electron chi connectivity index (χ2n) is 7.98. The lowest BCUT2D eigenvalue weighted by Gasteiger charge is -2.33. The number of aromatic nitrogens is 2. The van der Waals surface area contributed by atoms with Crippen LogP contribution in [0.1, 0.15) is 46.3 Å². The lowest BCUT2D eigenvalue weighted by Crippen LogP contribution is -2.44. The highest BCUT2D eigenvalue weighted by Gasteiger charge is 2.27. The van der Waals surface area contributed by atoms with Gasteiger partial charge in [-0.05, 0) is 55.5 Å². The molecule has 1 aliphatic heterocycles. The normalized spacial score (nSPS) is 16.6. The van der Waals surface area contributed by atoms with Crippen LogP contribution in [0.15, 0.2) is 48.5 Å². The zero-order chi connectivity index (χ0) is 21.1. The predicted octanol–water partition coefficient (Wildman–Crippen LogP) is 3.65. The zero-order valence-corrected chi connectivity index (χ0v) is 17.6. The molecule has 6 heteroatoms. The predicted molar refractivity (Wildman–Crippen MR) is 118 cm³/mol. The van der Waals surface area contributed by atoms with Gasteiger partial charge in [-0.15, -0.1) is 0 Å². The van der Waals surface area contributed by atoms with E-state index < -0.39 is 0 Å². The molecule has 0 radical (unpaired) electrons. The fraction of sp³-hybridized carbons (Fsp3) is 0.375. The van der Waals surface area contributed by atoms with E-state index in [4.69, 9.17) is 0 Å². The van der Waals surface area contributed by atoms with Crippen molar-refractivity contribution >= 4 is 22.6 Å². The number of amides is 2. The first-order chi connectivity index (χ1) is 14.6. The first-order valence-corrected chi connectivity index (χ1v) is 10.7. The number of likely N-dealkylation sites (tertiary alicyclic amines) is 1. The van der Waals surface area contributed by atoms with Crippen LogP contribution in [-0.4, -0.2) is 46.1 Å². The van der Waals surface area contributed by atoms with E-state index in [0.29, 0.717) is 30.9 Å². The summed E-state index contributed by atoms with van der Waals surface area (Å²) in [4.78, 5) is 27.7. The van der Waals surface area contributed by atoms with E-state index in [1.165, 1.54) is 0 Å². The molecule has 2 amide bonds. The zero-order valence-electron chi connectivity index (χ0n) is 17.6. The Balaban J connectivity index is 1.40. The molecule has 0 unspecified atom stereocenters. The average Bonchev–Trinajstić information content (AvgIpc) is 3.17. The van der Waals surface area contributed by atoms with E-state index in [1.54, 1.807) is 4.68 Å². The molecule has 0 saturated carbocycles. The number of carbonyl (C=O) groups is 2. The third-order valence-corrected chi connectivity index (χ3v) is 5.81. The molecule has 0 bridgehead atoms. The Labute approximate surface area is 176 Å². The number of hydrogen-bond donors (Lipinski definition) is 1. The number of hydrogen-bond acceptors (Lipinski definition) is 3. The molecule has 30 heavy (non-hydrogen) atoms. The summed E-state index contributed by atoms with van der Waals surface area (Å²) in [6, 6.07) is 15.6. The number of piperidine rings is 1. The van der Waals surface area contributed by atoms with Crippen molar-refractivity contribution in [3.8, 4) is 0 Å². The third kappa shape index (κ3) is 4.08. The van der Waals surface area contributed by atoms with Gasteiger partial charge in [-0.25, -0.2) is 0 Å². The third-order valence-electron chi connectivity index (χ3n) is 5.81. The number of nitrogens with one attached hydrogen (secondary N) is 1. The van der Waals surface area contributed by atoms with Gasteiger partial charge in [0.05, 0.1) is 5.69 Å². The molecule has 1 fully saturated rings. The van der Waals surface area contributed by atoms with Gasteiger partial charge in [0.1, 0.15) is 5.69 Å². The van der Waals surface area contributed by atoms with Crippen LogP contribution in [0.2, 0.25) is 0 Å². The summed E-state index contributed by atoms with van der Waals surface area (Å²) in [5.41, 5.74) is 2.20. The van der Waals surface area contributed by atoms with Crippen LogP contribution in [0, 0.1) is 12.8 Å². The van der Waals surface area contributed by atoms with Gasteiger partial charge in [0.15, 0.2) is 0 Å². The number of nitrogens with zero attached hydrogens (tertiary/aromatic N) is 3. The van der Waals surface area contributed by atoms with Crippen molar-refractivity contribution in [3.05, 3.63) is 65.5 Å². The van der Waals surface area contributed by atoms with Crippen LogP contribution in [-0.2, 0) is 6.54 Å². The van der Waals surface area contributed by atoms with E-state index in [9.17, 15) is 9.59 Å². The quantitative estimate of drug-likeness (QED) is 0.706. The van der Waals surface area contributed by atoms with Crippen LogP contribution >= 0.6 is 0 Å². The Kier molecular flexibility index (Phi) is 5.84. The standard InChI is InChI=1S/C24H28N4O2/c1-3-28-22(14-17(2)26-28)24(30)27-13-7-8-18(16-27)15-25-23(29)21-12-6-10-19-9-4-5-11-20(19)21/h4-6,9-12,14,18H,3,7-8,13,15-16H2,1-2H3,(H,25,29)/t18-/m1/s1. The lowest BCUT2D eigenvalue weighted by atomic mass is 9.97. The van der Waals surface area contributed by atoms with Gasteiger partial charge in [-0.2, -0.15) is 5.10 Å². The fourth-order valence-electron chi connectivity index (χ4n) is 4.29. The van der Waals surface area contributed by atoms with Crippen molar-refractivity contribution in [2.45, 2.75) is 33.2 Å². The largest absolute Gasteiger partial charge is 0.352 e. The number of benzene rings is 2.